The monoisotopic (exact) mass is 261 g/mol. The van der Waals surface area contributed by atoms with Crippen LogP contribution in [0.4, 0.5) is 0 Å². The van der Waals surface area contributed by atoms with Crippen molar-refractivity contribution in [1.82, 2.24) is 4.98 Å². The van der Waals surface area contributed by atoms with Gasteiger partial charge in [0.25, 0.3) is 0 Å². The average molecular weight is 261 g/mol. The van der Waals surface area contributed by atoms with Crippen LogP contribution in [0.5, 0.6) is 5.75 Å². The molecule has 5 nitrogen and oxygen atoms in total. The predicted octanol–water partition coefficient (Wildman–Crippen LogP) is 2.50. The molecular weight excluding hydrogens is 246 g/mol. The third kappa shape index (κ3) is 3.34. The number of aromatic nitrogens is 1. The zero-order valence-corrected chi connectivity index (χ0v) is 10.8. The highest BCUT2D eigenvalue weighted by atomic mass is 16.5. The summed E-state index contributed by atoms with van der Waals surface area (Å²) < 4.78 is 10.8. The van der Waals surface area contributed by atoms with E-state index in [0.717, 1.165) is 16.9 Å². The summed E-state index contributed by atoms with van der Waals surface area (Å²) in [7, 11) is 0. The largest absolute Gasteiger partial charge is 0.483 e. The molecule has 0 bridgehead atoms. The van der Waals surface area contributed by atoms with Crippen LogP contribution in [0, 0.1) is 13.8 Å². The summed E-state index contributed by atoms with van der Waals surface area (Å²) in [5, 5.41) is 8.64. The van der Waals surface area contributed by atoms with Crippen LogP contribution in [0.2, 0.25) is 0 Å². The first kappa shape index (κ1) is 13.1. The molecular formula is C14H15NO4. The standard InChI is InChI=1S/C14H15NO4/c1-9-4-3-5-10(2)14(9)19-8-12-15-11(7-18-12)6-13(16)17/h3-5,7H,6,8H2,1-2H3,(H,16,17). The van der Waals surface area contributed by atoms with Crippen molar-refractivity contribution in [1.29, 1.82) is 0 Å². The first-order valence-corrected chi connectivity index (χ1v) is 5.90. The van der Waals surface area contributed by atoms with E-state index >= 15 is 0 Å². The molecule has 1 N–H and O–H groups in total. The van der Waals surface area contributed by atoms with E-state index in [9.17, 15) is 4.79 Å². The lowest BCUT2D eigenvalue weighted by molar-refractivity contribution is -0.136. The van der Waals surface area contributed by atoms with Gasteiger partial charge >= 0.3 is 5.97 Å². The fourth-order valence-electron chi connectivity index (χ4n) is 1.81. The quantitative estimate of drug-likeness (QED) is 0.895. The highest BCUT2D eigenvalue weighted by Crippen LogP contribution is 2.23. The van der Waals surface area contributed by atoms with Crippen LogP contribution in [0.15, 0.2) is 28.9 Å². The van der Waals surface area contributed by atoms with Crippen molar-refractivity contribution in [3.05, 3.63) is 47.2 Å². The zero-order chi connectivity index (χ0) is 13.8. The van der Waals surface area contributed by atoms with Gasteiger partial charge in [-0.15, -0.1) is 0 Å². The number of para-hydroxylation sites is 1. The number of aryl methyl sites for hydroxylation is 2. The molecule has 2 rings (SSSR count). The number of rotatable bonds is 5. The SMILES string of the molecule is Cc1cccc(C)c1OCc1nc(CC(=O)O)co1. The number of carboxylic acid groups (broad SMARTS) is 1. The van der Waals surface area contributed by atoms with Crippen molar-refractivity contribution in [3.8, 4) is 5.75 Å². The Balaban J connectivity index is 2.02. The first-order chi connectivity index (χ1) is 9.06. The molecule has 0 radical (unpaired) electrons. The van der Waals surface area contributed by atoms with Crippen molar-refractivity contribution in [2.45, 2.75) is 26.9 Å². The number of carbonyl (C=O) groups is 1. The minimum atomic E-state index is -0.935. The van der Waals surface area contributed by atoms with Crippen LogP contribution in [-0.4, -0.2) is 16.1 Å². The van der Waals surface area contributed by atoms with Gasteiger partial charge < -0.3 is 14.3 Å². The summed E-state index contributed by atoms with van der Waals surface area (Å²) >= 11 is 0. The Morgan fingerprint density at radius 3 is 2.68 bits per heavy atom. The van der Waals surface area contributed by atoms with Gasteiger partial charge in [-0.25, -0.2) is 4.98 Å². The van der Waals surface area contributed by atoms with Crippen molar-refractivity contribution < 1.29 is 19.1 Å². The summed E-state index contributed by atoms with van der Waals surface area (Å²) in [6.07, 6.45) is 1.20. The minimum Gasteiger partial charge on any atom is -0.483 e. The van der Waals surface area contributed by atoms with E-state index in [1.165, 1.54) is 6.26 Å². The van der Waals surface area contributed by atoms with Crippen molar-refractivity contribution >= 4 is 5.97 Å². The molecule has 1 heterocycles. The molecule has 0 spiro atoms. The Labute approximate surface area is 110 Å². The van der Waals surface area contributed by atoms with Gasteiger partial charge in [-0.05, 0) is 25.0 Å². The normalized spacial score (nSPS) is 10.4. The van der Waals surface area contributed by atoms with Gasteiger partial charge in [0, 0.05) is 0 Å². The van der Waals surface area contributed by atoms with Gasteiger partial charge in [0.1, 0.15) is 12.0 Å². The number of aliphatic carboxylic acids is 1. The van der Waals surface area contributed by atoms with E-state index in [0.29, 0.717) is 11.6 Å². The lowest BCUT2D eigenvalue weighted by Gasteiger charge is -2.09. The molecule has 100 valence electrons. The second-order valence-electron chi connectivity index (χ2n) is 4.31. The third-order valence-electron chi connectivity index (χ3n) is 2.68. The smallest absolute Gasteiger partial charge is 0.309 e. The molecule has 0 aliphatic rings. The fourth-order valence-corrected chi connectivity index (χ4v) is 1.81. The van der Waals surface area contributed by atoms with Crippen molar-refractivity contribution in [3.63, 3.8) is 0 Å². The molecule has 0 saturated carbocycles. The predicted molar refractivity (Wildman–Crippen MR) is 68.1 cm³/mol. The third-order valence-corrected chi connectivity index (χ3v) is 2.68. The van der Waals surface area contributed by atoms with Gasteiger partial charge in [0.2, 0.25) is 5.89 Å². The topological polar surface area (TPSA) is 72.6 Å². The maximum Gasteiger partial charge on any atom is 0.309 e. The van der Waals surface area contributed by atoms with Gasteiger partial charge in [0.15, 0.2) is 6.61 Å². The molecule has 0 unspecified atom stereocenters. The van der Waals surface area contributed by atoms with Gasteiger partial charge in [-0.3, -0.25) is 4.79 Å². The Bertz CT molecular complexity index is 569. The average Bonchev–Trinajstić information content (AvgIpc) is 2.75. The summed E-state index contributed by atoms with van der Waals surface area (Å²) in [6, 6.07) is 5.90. The second kappa shape index (κ2) is 5.56. The molecule has 0 fully saturated rings. The fraction of sp³-hybridized carbons (Fsp3) is 0.286. The summed E-state index contributed by atoms with van der Waals surface area (Å²) in [6.45, 7) is 4.12. The molecule has 5 heteroatoms. The highest BCUT2D eigenvalue weighted by Gasteiger charge is 2.09. The second-order valence-corrected chi connectivity index (χ2v) is 4.31. The zero-order valence-electron chi connectivity index (χ0n) is 10.8. The minimum absolute atomic E-state index is 0.146. The summed E-state index contributed by atoms with van der Waals surface area (Å²) in [5.74, 6) is 0.245. The summed E-state index contributed by atoms with van der Waals surface area (Å²) in [5.41, 5.74) is 2.47. The molecule has 0 amide bonds. The molecule has 0 aliphatic heterocycles. The lowest BCUT2D eigenvalue weighted by atomic mass is 10.1. The molecule has 0 atom stereocenters. The van der Waals surface area contributed by atoms with E-state index in [1.807, 2.05) is 32.0 Å². The van der Waals surface area contributed by atoms with Crippen molar-refractivity contribution in [2.75, 3.05) is 0 Å². The van der Waals surface area contributed by atoms with E-state index in [2.05, 4.69) is 4.98 Å². The maximum atomic E-state index is 10.5. The molecule has 2 aromatic rings. The number of hydrogen-bond acceptors (Lipinski definition) is 4. The van der Waals surface area contributed by atoms with Crippen LogP contribution >= 0.6 is 0 Å². The number of hydrogen-bond donors (Lipinski definition) is 1. The van der Waals surface area contributed by atoms with Crippen LogP contribution in [0.3, 0.4) is 0 Å². The van der Waals surface area contributed by atoms with Crippen LogP contribution in [0.1, 0.15) is 22.7 Å². The first-order valence-electron chi connectivity index (χ1n) is 5.90. The van der Waals surface area contributed by atoms with Gasteiger partial charge in [-0.1, -0.05) is 18.2 Å². The Morgan fingerprint density at radius 2 is 2.05 bits per heavy atom. The van der Waals surface area contributed by atoms with E-state index in [4.69, 9.17) is 14.3 Å². The number of benzene rings is 1. The van der Waals surface area contributed by atoms with Crippen molar-refractivity contribution in [2.24, 2.45) is 0 Å². The number of oxazole rings is 1. The molecule has 19 heavy (non-hydrogen) atoms. The van der Waals surface area contributed by atoms with Crippen LogP contribution in [-0.2, 0) is 17.8 Å². The van der Waals surface area contributed by atoms with Gasteiger partial charge in [0.05, 0.1) is 12.1 Å². The maximum absolute atomic E-state index is 10.5. The number of nitrogens with zero attached hydrogens (tertiary/aromatic N) is 1. The van der Waals surface area contributed by atoms with Crippen LogP contribution < -0.4 is 4.74 Å². The van der Waals surface area contributed by atoms with E-state index < -0.39 is 5.97 Å². The molecule has 1 aromatic carbocycles. The molecule has 1 aromatic heterocycles. The number of ether oxygens (including phenoxy) is 1. The van der Waals surface area contributed by atoms with Gasteiger partial charge in [-0.2, -0.15) is 0 Å². The van der Waals surface area contributed by atoms with E-state index in [1.54, 1.807) is 0 Å². The number of carboxylic acids is 1. The lowest BCUT2D eigenvalue weighted by Crippen LogP contribution is -2.02. The highest BCUT2D eigenvalue weighted by molar-refractivity contribution is 5.69. The Kier molecular flexibility index (Phi) is 3.85. The molecule has 0 aliphatic carbocycles. The Morgan fingerprint density at radius 1 is 1.37 bits per heavy atom. The Hall–Kier alpha value is -2.30. The summed E-state index contributed by atoms with van der Waals surface area (Å²) in [4.78, 5) is 14.6. The molecule has 0 saturated heterocycles. The van der Waals surface area contributed by atoms with Crippen LogP contribution in [0.25, 0.3) is 0 Å². The van der Waals surface area contributed by atoms with E-state index in [-0.39, 0.29) is 13.0 Å².